The Morgan fingerprint density at radius 2 is 1.19 bits per heavy atom. The summed E-state index contributed by atoms with van der Waals surface area (Å²) in [7, 11) is 1.05. The highest BCUT2D eigenvalue weighted by Crippen LogP contribution is 2.44. The van der Waals surface area contributed by atoms with Crippen LogP contribution in [0.1, 0.15) is 23.9 Å². The fourth-order valence-corrected chi connectivity index (χ4v) is 8.64. The quantitative estimate of drug-likeness (QED) is 0.128. The van der Waals surface area contributed by atoms with Gasteiger partial charge in [0.25, 0.3) is 0 Å². The van der Waals surface area contributed by atoms with E-state index in [1.807, 2.05) is 18.3 Å². The van der Waals surface area contributed by atoms with Gasteiger partial charge >= 0.3 is 0 Å². The molecule has 4 heterocycles. The number of nitrogens with zero attached hydrogens (tertiary/aromatic N) is 3. The Morgan fingerprint density at radius 3 is 1.87 bits per heavy atom. The Labute approximate surface area is 279 Å². The summed E-state index contributed by atoms with van der Waals surface area (Å²) >= 11 is 0. The van der Waals surface area contributed by atoms with Crippen molar-refractivity contribution in [1.82, 2.24) is 9.97 Å². The first-order valence-corrected chi connectivity index (χ1v) is 17.9. The Bertz CT molecular complexity index is 2100. The molecule has 1 saturated heterocycles. The average Bonchev–Trinajstić information content (AvgIpc) is 3.93. The highest BCUT2D eigenvalue weighted by Gasteiger charge is 2.49. The normalized spacial score (nSPS) is 18.5. The highest BCUT2D eigenvalue weighted by molar-refractivity contribution is 7.56. The van der Waals surface area contributed by atoms with E-state index in [0.717, 1.165) is 39.6 Å². The first kappa shape index (κ1) is 29.8. The third kappa shape index (κ3) is 6.01. The number of aliphatic imine (C=N–C) groups is 1. The zero-order valence-corrected chi connectivity index (χ0v) is 27.9. The van der Waals surface area contributed by atoms with Crippen LogP contribution in [0.4, 0.5) is 0 Å². The minimum Gasteiger partial charge on any atom is -0.358 e. The second-order valence-corrected chi connectivity index (χ2v) is 14.6. The van der Waals surface area contributed by atoms with Gasteiger partial charge in [-0.2, -0.15) is 0 Å². The number of hydrogen-bond donors (Lipinski definition) is 0. The number of fused-ring (bicyclic) bond motifs is 1. The predicted molar refractivity (Wildman–Crippen MR) is 198 cm³/mol. The lowest BCUT2D eigenvalue weighted by Crippen LogP contribution is -2.32. The molecule has 0 radical (unpaired) electrons. The van der Waals surface area contributed by atoms with Crippen LogP contribution in [-0.2, 0) is 10.2 Å². The molecular formula is C41H33N3OP2. The van der Waals surface area contributed by atoms with Crippen molar-refractivity contribution in [2.75, 3.05) is 0 Å². The number of ether oxygens (including phenoxy) is 1. The van der Waals surface area contributed by atoms with Crippen LogP contribution in [-0.4, -0.2) is 27.9 Å². The van der Waals surface area contributed by atoms with Gasteiger partial charge in [-0.1, -0.05) is 138 Å². The zero-order chi connectivity index (χ0) is 31.6. The Morgan fingerprint density at radius 1 is 0.596 bits per heavy atom. The van der Waals surface area contributed by atoms with Crippen LogP contribution in [0.3, 0.4) is 0 Å². The van der Waals surface area contributed by atoms with E-state index < -0.39 is 5.41 Å². The number of pyridine rings is 2. The number of aromatic nitrogens is 2. The molecule has 0 amide bonds. The van der Waals surface area contributed by atoms with Gasteiger partial charge in [-0.15, -0.1) is 0 Å². The van der Waals surface area contributed by atoms with Crippen molar-refractivity contribution in [2.24, 2.45) is 4.99 Å². The maximum Gasteiger partial charge on any atom is 0.131 e. The molecule has 0 bridgehead atoms. The Kier molecular flexibility index (Phi) is 8.17. The van der Waals surface area contributed by atoms with E-state index in [9.17, 15) is 0 Å². The van der Waals surface area contributed by atoms with E-state index in [0.29, 0.717) is 17.2 Å². The van der Waals surface area contributed by atoms with Gasteiger partial charge in [-0.25, -0.2) is 0 Å². The molecule has 228 valence electrons. The number of epoxide rings is 1. The van der Waals surface area contributed by atoms with Crippen molar-refractivity contribution in [3.63, 3.8) is 0 Å². The zero-order valence-electron chi connectivity index (χ0n) is 25.9. The summed E-state index contributed by atoms with van der Waals surface area (Å²) in [6.07, 6.45) is 3.97. The number of benzene rings is 4. The van der Waals surface area contributed by atoms with Crippen LogP contribution in [0.25, 0.3) is 11.3 Å². The third-order valence-corrected chi connectivity index (χ3v) is 11.5. The van der Waals surface area contributed by atoms with Crippen LogP contribution < -0.4 is 21.2 Å². The molecule has 4 aromatic carbocycles. The summed E-state index contributed by atoms with van der Waals surface area (Å²) in [5, 5.41) is 5.14. The monoisotopic (exact) mass is 645 g/mol. The lowest BCUT2D eigenvalue weighted by molar-refractivity contribution is 0.421. The van der Waals surface area contributed by atoms with Gasteiger partial charge in [0.2, 0.25) is 0 Å². The maximum absolute atomic E-state index is 6.27. The van der Waals surface area contributed by atoms with E-state index in [4.69, 9.17) is 19.7 Å². The summed E-state index contributed by atoms with van der Waals surface area (Å²) in [5.41, 5.74) is 6.21. The van der Waals surface area contributed by atoms with E-state index in [1.165, 1.54) is 21.2 Å². The Balaban J connectivity index is 1.22. The van der Waals surface area contributed by atoms with Gasteiger partial charge in [0.15, 0.2) is 0 Å². The number of rotatable bonds is 9. The second-order valence-electron chi connectivity index (χ2n) is 11.9. The molecule has 2 aliphatic rings. The molecule has 0 N–H and O–H groups in total. The molecule has 2 aromatic heterocycles. The van der Waals surface area contributed by atoms with Gasteiger partial charge in [0.05, 0.1) is 33.9 Å². The molecule has 6 aromatic rings. The SMILES string of the molecule is CC(C1=CC2OC2C(c2ccccc2Pc2ccccc2)=N1)(c1ccccn1)c1cccc(-c2ccccc2Pc2ccccc2)n1. The van der Waals surface area contributed by atoms with Crippen LogP contribution in [0.5, 0.6) is 0 Å². The van der Waals surface area contributed by atoms with E-state index in [-0.39, 0.29) is 12.2 Å². The molecule has 47 heavy (non-hydrogen) atoms. The minimum absolute atomic E-state index is 0.0235. The summed E-state index contributed by atoms with van der Waals surface area (Å²) in [6.45, 7) is 2.20. The van der Waals surface area contributed by atoms with Gasteiger partial charge < -0.3 is 4.74 Å². The molecule has 1 fully saturated rings. The topological polar surface area (TPSA) is 50.7 Å². The van der Waals surface area contributed by atoms with Crippen LogP contribution in [0, 0.1) is 0 Å². The fraction of sp³-hybridized carbons (Fsp3) is 0.0976. The fourth-order valence-electron chi connectivity index (χ4n) is 6.25. The lowest BCUT2D eigenvalue weighted by Gasteiger charge is -2.31. The van der Waals surface area contributed by atoms with Crippen molar-refractivity contribution in [2.45, 2.75) is 24.5 Å². The van der Waals surface area contributed by atoms with Crippen LogP contribution in [0.15, 0.2) is 169 Å². The molecule has 5 atom stereocenters. The first-order chi connectivity index (χ1) is 23.2. The van der Waals surface area contributed by atoms with Crippen LogP contribution in [0.2, 0.25) is 0 Å². The average molecular weight is 646 g/mol. The second kappa shape index (κ2) is 12.9. The van der Waals surface area contributed by atoms with Crippen LogP contribution >= 0.6 is 17.2 Å². The van der Waals surface area contributed by atoms with Gasteiger partial charge in [-0.05, 0) is 58.5 Å². The number of hydrogen-bond acceptors (Lipinski definition) is 4. The van der Waals surface area contributed by atoms with Crippen molar-refractivity contribution in [3.8, 4) is 11.3 Å². The van der Waals surface area contributed by atoms with Crippen molar-refractivity contribution in [3.05, 3.63) is 181 Å². The number of allylic oxidation sites excluding steroid dienone is 1. The third-order valence-electron chi connectivity index (χ3n) is 8.82. The lowest BCUT2D eigenvalue weighted by atomic mass is 9.77. The predicted octanol–water partition coefficient (Wildman–Crippen LogP) is 6.86. The molecule has 0 aliphatic carbocycles. The summed E-state index contributed by atoms with van der Waals surface area (Å²) < 4.78 is 6.27. The smallest absolute Gasteiger partial charge is 0.131 e. The molecule has 2 aliphatic heterocycles. The van der Waals surface area contributed by atoms with E-state index >= 15 is 0 Å². The van der Waals surface area contributed by atoms with Gasteiger partial charge in [-0.3, -0.25) is 15.0 Å². The minimum atomic E-state index is -0.716. The van der Waals surface area contributed by atoms with Gasteiger partial charge in [0.1, 0.15) is 12.2 Å². The van der Waals surface area contributed by atoms with Crippen molar-refractivity contribution in [1.29, 1.82) is 0 Å². The standard InChI is InChI=1S/C41H33N3OP2/c1-41(36-24-12-13-26-42-36,37-25-14-21-32(43-37)30-19-8-10-22-34(30)46-28-15-4-2-5-16-28)38-27-33-40(45-33)39(44-38)31-20-9-11-23-35(31)47-29-17-6-3-7-18-29/h2-27,33,40,46-47H,1H3. The molecule has 0 saturated carbocycles. The van der Waals surface area contributed by atoms with Crippen molar-refractivity contribution < 1.29 is 4.74 Å². The Hall–Kier alpha value is -4.59. The molecular weight excluding hydrogens is 612 g/mol. The molecule has 5 unspecified atom stereocenters. The van der Waals surface area contributed by atoms with E-state index in [2.05, 4.69) is 146 Å². The maximum atomic E-state index is 6.27. The molecule has 6 heteroatoms. The summed E-state index contributed by atoms with van der Waals surface area (Å²) in [6, 6.07) is 50.9. The first-order valence-electron chi connectivity index (χ1n) is 15.9. The van der Waals surface area contributed by atoms with Crippen molar-refractivity contribution >= 4 is 44.1 Å². The summed E-state index contributed by atoms with van der Waals surface area (Å²) in [4.78, 5) is 15.7. The van der Waals surface area contributed by atoms with E-state index in [1.54, 1.807) is 0 Å². The van der Waals surface area contributed by atoms with Gasteiger partial charge in [0, 0.05) is 17.3 Å². The molecule has 8 rings (SSSR count). The molecule has 4 nitrogen and oxygen atoms in total. The largest absolute Gasteiger partial charge is 0.358 e. The molecule has 0 spiro atoms. The highest BCUT2D eigenvalue weighted by atomic mass is 31.1. The summed E-state index contributed by atoms with van der Waals surface area (Å²) in [5.74, 6) is 0.